The molecule has 15 atom stereocenters. The molecule has 6 rings (SSSR count). The van der Waals surface area contributed by atoms with Crippen LogP contribution in [0.25, 0.3) is 0 Å². The third-order valence-corrected chi connectivity index (χ3v) is 10.9. The van der Waals surface area contributed by atoms with E-state index in [2.05, 4.69) is 16.0 Å². The highest BCUT2D eigenvalue weighted by atomic mass is 16.8. The molecule has 21 nitrogen and oxygen atoms in total. The van der Waals surface area contributed by atoms with Gasteiger partial charge >= 0.3 is 12.1 Å². The van der Waals surface area contributed by atoms with Gasteiger partial charge in [0.1, 0.15) is 66.6 Å². The minimum absolute atomic E-state index is 0.0378. The standard InChI is InChI=1S/C39H64N4O17/c1-36(2,3)60-35(47)41-16-20-27-28(55-37(4,5)54-27)24(51-20)17(40)13-21(44)42-18(25-29-31(33(49-11)52-25)58-38(6,7)56-29)14-22(45)43-19(15-23(46)48-10)26-30-32(34(50-12)53-26)59-39(8,9)57-30/h17-20,24-34H,13-16,40H2,1-12H3,(H,41,47)(H,42,44)(H,43,45)/t17-,18+,19-,20+,24+,25+,26+,27+,28-,29-,30-,31-,32-,33-,34-/m0/s1. The molecular formula is C39H64N4O17. The van der Waals surface area contributed by atoms with E-state index < -0.39 is 139 Å². The predicted octanol–water partition coefficient (Wildman–Crippen LogP) is 0.222. The Morgan fingerprint density at radius 1 is 0.617 bits per heavy atom. The number of alkyl carbamates (subject to hydrolysis) is 1. The topological polar surface area (TPSA) is 250 Å². The fourth-order valence-electron chi connectivity index (χ4n) is 8.76. The Morgan fingerprint density at radius 3 is 1.52 bits per heavy atom. The van der Waals surface area contributed by atoms with Crippen molar-refractivity contribution >= 4 is 23.9 Å². The van der Waals surface area contributed by atoms with E-state index in [1.165, 1.54) is 21.3 Å². The average Bonchev–Trinajstić information content (AvgIpc) is 3.94. The summed E-state index contributed by atoms with van der Waals surface area (Å²) < 4.78 is 77.0. The number of amides is 3. The van der Waals surface area contributed by atoms with Crippen molar-refractivity contribution in [2.75, 3.05) is 27.9 Å². The van der Waals surface area contributed by atoms with Crippen LogP contribution in [0.5, 0.6) is 0 Å². The summed E-state index contributed by atoms with van der Waals surface area (Å²) in [6.45, 7) is 15.8. The lowest BCUT2D eigenvalue weighted by atomic mass is 9.97. The van der Waals surface area contributed by atoms with Gasteiger partial charge in [-0.05, 0) is 62.3 Å². The number of methoxy groups -OCH3 is 3. The largest absolute Gasteiger partial charge is 0.469 e. The number of carbonyl (C=O) groups excluding carboxylic acids is 4. The number of nitrogens with one attached hydrogen (secondary N) is 3. The second-order valence-corrected chi connectivity index (χ2v) is 18.3. The molecule has 6 aliphatic rings. The fourth-order valence-corrected chi connectivity index (χ4v) is 8.76. The highest BCUT2D eigenvalue weighted by Gasteiger charge is 2.60. The lowest BCUT2D eigenvalue weighted by Crippen LogP contribution is -2.55. The molecular weight excluding hydrogens is 796 g/mol. The summed E-state index contributed by atoms with van der Waals surface area (Å²) in [7, 11) is 4.15. The summed E-state index contributed by atoms with van der Waals surface area (Å²) in [6.07, 6.45) is -10.6. The van der Waals surface area contributed by atoms with Crippen molar-refractivity contribution in [2.45, 2.75) is 196 Å². The maximum absolute atomic E-state index is 14.2. The van der Waals surface area contributed by atoms with Crippen LogP contribution in [0.2, 0.25) is 0 Å². The zero-order valence-electron chi connectivity index (χ0n) is 36.5. The lowest BCUT2D eigenvalue weighted by molar-refractivity contribution is -0.230. The van der Waals surface area contributed by atoms with Gasteiger partial charge in [0.15, 0.2) is 29.9 Å². The van der Waals surface area contributed by atoms with E-state index in [0.717, 1.165) is 0 Å². The third kappa shape index (κ3) is 10.7. The molecule has 6 heterocycles. The SMILES string of the molecule is COC(=O)C[C@H](NC(=O)C[C@@H](NC(=O)C[C@H](N)[C@H]1O[C@H](CNC(=O)OC(C)(C)C)[C@H]2OC(C)(C)O[C@@H]12)[C@H]1O[C@H](OC)[C@H]2OC(C)(C)O[C@H]21)[C@H]1O[C@H](OC)[C@H]2OC(C)(C)O[C@H]21. The van der Waals surface area contributed by atoms with Gasteiger partial charge in [-0.15, -0.1) is 0 Å². The van der Waals surface area contributed by atoms with Crippen LogP contribution in [0, 0.1) is 0 Å². The van der Waals surface area contributed by atoms with Crippen LogP contribution < -0.4 is 21.7 Å². The van der Waals surface area contributed by atoms with Gasteiger partial charge in [0.25, 0.3) is 0 Å². The van der Waals surface area contributed by atoms with E-state index in [9.17, 15) is 19.2 Å². The molecule has 0 unspecified atom stereocenters. The zero-order valence-corrected chi connectivity index (χ0v) is 36.5. The molecule has 3 amide bonds. The number of hydrogen-bond donors (Lipinski definition) is 4. The first-order valence-electron chi connectivity index (χ1n) is 20.4. The predicted molar refractivity (Wildman–Crippen MR) is 203 cm³/mol. The average molecular weight is 861 g/mol. The maximum atomic E-state index is 14.2. The van der Waals surface area contributed by atoms with Crippen molar-refractivity contribution in [2.24, 2.45) is 5.73 Å². The van der Waals surface area contributed by atoms with Gasteiger partial charge in [0.2, 0.25) is 11.8 Å². The second kappa shape index (κ2) is 17.8. The van der Waals surface area contributed by atoms with Crippen molar-refractivity contribution in [3.8, 4) is 0 Å². The molecule has 6 saturated heterocycles. The zero-order chi connectivity index (χ0) is 44.1. The first kappa shape index (κ1) is 46.7. The summed E-state index contributed by atoms with van der Waals surface area (Å²) in [4.78, 5) is 53.4. The number of carbonyl (C=O) groups is 4. The lowest BCUT2D eigenvalue weighted by Gasteiger charge is -2.32. The van der Waals surface area contributed by atoms with Gasteiger partial charge in [0.05, 0.1) is 25.6 Å². The Hall–Kier alpha value is -2.80. The van der Waals surface area contributed by atoms with Gasteiger partial charge in [-0.3, -0.25) is 14.4 Å². The third-order valence-electron chi connectivity index (χ3n) is 10.9. The Labute approximate surface area is 350 Å². The maximum Gasteiger partial charge on any atom is 0.407 e. The van der Waals surface area contributed by atoms with E-state index in [1.807, 2.05) is 0 Å². The number of fused-ring (bicyclic) bond motifs is 3. The van der Waals surface area contributed by atoms with Gasteiger partial charge in [-0.2, -0.15) is 0 Å². The highest BCUT2D eigenvalue weighted by Crippen LogP contribution is 2.43. The Morgan fingerprint density at radius 2 is 1.05 bits per heavy atom. The molecule has 0 aromatic carbocycles. The first-order valence-corrected chi connectivity index (χ1v) is 20.4. The number of ether oxygens (including phenoxy) is 13. The summed E-state index contributed by atoms with van der Waals surface area (Å²) >= 11 is 0. The number of hydrogen-bond acceptors (Lipinski definition) is 18. The molecule has 0 bridgehead atoms. The Kier molecular flexibility index (Phi) is 13.8. The Balaban J connectivity index is 1.18. The van der Waals surface area contributed by atoms with Crippen LogP contribution in [-0.4, -0.2) is 166 Å². The minimum atomic E-state index is -1.03. The van der Waals surface area contributed by atoms with Gasteiger partial charge in [0, 0.05) is 39.6 Å². The summed E-state index contributed by atoms with van der Waals surface area (Å²) in [6, 6.07) is -2.92. The van der Waals surface area contributed by atoms with E-state index in [-0.39, 0.29) is 25.8 Å². The molecule has 0 aromatic rings. The van der Waals surface area contributed by atoms with Gasteiger partial charge in [-0.25, -0.2) is 4.79 Å². The highest BCUT2D eigenvalue weighted by molar-refractivity contribution is 5.81. The van der Waals surface area contributed by atoms with E-state index in [0.29, 0.717) is 0 Å². The molecule has 5 N–H and O–H groups in total. The van der Waals surface area contributed by atoms with Gasteiger partial charge < -0.3 is 83.3 Å². The molecule has 0 aromatic heterocycles. The number of rotatable bonds is 15. The van der Waals surface area contributed by atoms with Crippen LogP contribution in [-0.2, 0) is 76.0 Å². The van der Waals surface area contributed by atoms with Crippen molar-refractivity contribution in [3.05, 3.63) is 0 Å². The smallest absolute Gasteiger partial charge is 0.407 e. The molecule has 342 valence electrons. The second-order valence-electron chi connectivity index (χ2n) is 18.3. The monoisotopic (exact) mass is 860 g/mol. The van der Waals surface area contributed by atoms with Crippen LogP contribution >= 0.6 is 0 Å². The molecule has 0 radical (unpaired) electrons. The fraction of sp³-hybridized carbons (Fsp3) is 0.897. The van der Waals surface area contributed by atoms with Crippen molar-refractivity contribution in [1.82, 2.24) is 16.0 Å². The van der Waals surface area contributed by atoms with Crippen molar-refractivity contribution in [3.63, 3.8) is 0 Å². The molecule has 6 fully saturated rings. The molecule has 0 spiro atoms. The summed E-state index contributed by atoms with van der Waals surface area (Å²) in [5, 5.41) is 8.58. The summed E-state index contributed by atoms with van der Waals surface area (Å²) in [5.74, 6) is -4.71. The van der Waals surface area contributed by atoms with Crippen LogP contribution in [0.4, 0.5) is 4.79 Å². The van der Waals surface area contributed by atoms with E-state index in [4.69, 9.17) is 67.3 Å². The van der Waals surface area contributed by atoms with Crippen molar-refractivity contribution < 1.29 is 80.8 Å². The van der Waals surface area contributed by atoms with Gasteiger partial charge in [-0.1, -0.05) is 0 Å². The molecule has 6 aliphatic heterocycles. The number of esters is 1. The van der Waals surface area contributed by atoms with E-state index in [1.54, 1.807) is 62.3 Å². The number of nitrogens with two attached hydrogens (primary N) is 1. The molecule has 0 aliphatic carbocycles. The summed E-state index contributed by atoms with van der Waals surface area (Å²) in [5.41, 5.74) is 5.99. The van der Waals surface area contributed by atoms with E-state index >= 15 is 0 Å². The van der Waals surface area contributed by atoms with Crippen LogP contribution in [0.15, 0.2) is 0 Å². The molecule has 60 heavy (non-hydrogen) atoms. The Bertz CT molecular complexity index is 1570. The van der Waals surface area contributed by atoms with Crippen LogP contribution in [0.3, 0.4) is 0 Å². The molecule has 21 heteroatoms. The van der Waals surface area contributed by atoms with Crippen LogP contribution in [0.1, 0.15) is 81.6 Å². The normalized spacial score (nSPS) is 37.4. The quantitative estimate of drug-likeness (QED) is 0.161. The minimum Gasteiger partial charge on any atom is -0.469 e. The first-order chi connectivity index (χ1) is 27.9. The molecule has 0 saturated carbocycles. The van der Waals surface area contributed by atoms with Crippen molar-refractivity contribution in [1.29, 1.82) is 0 Å².